The third-order valence-corrected chi connectivity index (χ3v) is 5.39. The summed E-state index contributed by atoms with van der Waals surface area (Å²) in [5.74, 6) is 1.59. The van der Waals surface area contributed by atoms with Crippen LogP contribution in [-0.2, 0) is 17.8 Å². The van der Waals surface area contributed by atoms with Gasteiger partial charge in [-0.1, -0.05) is 23.8 Å². The Labute approximate surface area is 139 Å². The fraction of sp³-hybridized carbons (Fsp3) is 0.278. The standard InChI is InChI=1S/C18H17NO3S/c1-11-2-4-13-8-17(23-16(13)6-11)18(20)19-9-12-3-5-14-15(7-12)22-10-21-14/h2-7,17H,8-10H2,1H3,(H,19,20)/t17-/m0/s1. The van der Waals surface area contributed by atoms with Crippen LogP contribution < -0.4 is 14.8 Å². The number of thioether (sulfide) groups is 1. The molecule has 0 spiro atoms. The first-order chi connectivity index (χ1) is 11.2. The lowest BCUT2D eigenvalue weighted by Gasteiger charge is -2.10. The molecule has 4 rings (SSSR count). The van der Waals surface area contributed by atoms with Gasteiger partial charge in [0.15, 0.2) is 11.5 Å². The van der Waals surface area contributed by atoms with Crippen molar-refractivity contribution in [1.82, 2.24) is 5.32 Å². The second kappa shape index (κ2) is 5.81. The van der Waals surface area contributed by atoms with Crippen LogP contribution in [0.2, 0.25) is 0 Å². The summed E-state index contributed by atoms with van der Waals surface area (Å²) in [4.78, 5) is 13.6. The number of carbonyl (C=O) groups excluding carboxylic acids is 1. The molecule has 118 valence electrons. The van der Waals surface area contributed by atoms with E-state index in [-0.39, 0.29) is 18.0 Å². The van der Waals surface area contributed by atoms with Crippen molar-refractivity contribution in [3.8, 4) is 11.5 Å². The van der Waals surface area contributed by atoms with Gasteiger partial charge in [0.25, 0.3) is 0 Å². The normalized spacial score (nSPS) is 17.9. The fourth-order valence-electron chi connectivity index (χ4n) is 2.83. The molecule has 4 nitrogen and oxygen atoms in total. The van der Waals surface area contributed by atoms with Gasteiger partial charge in [0.05, 0.1) is 5.25 Å². The maximum Gasteiger partial charge on any atom is 0.234 e. The van der Waals surface area contributed by atoms with E-state index in [4.69, 9.17) is 9.47 Å². The number of rotatable bonds is 3. The second-order valence-corrected chi connectivity index (χ2v) is 7.07. The fourth-order valence-corrected chi connectivity index (χ4v) is 4.15. The van der Waals surface area contributed by atoms with Crippen LogP contribution in [-0.4, -0.2) is 18.0 Å². The highest BCUT2D eigenvalue weighted by Gasteiger charge is 2.28. The van der Waals surface area contributed by atoms with Gasteiger partial charge in [-0.15, -0.1) is 11.8 Å². The van der Waals surface area contributed by atoms with Crippen molar-refractivity contribution >= 4 is 17.7 Å². The molecule has 5 heteroatoms. The van der Waals surface area contributed by atoms with Gasteiger partial charge in [0.1, 0.15) is 0 Å². The van der Waals surface area contributed by atoms with Gasteiger partial charge >= 0.3 is 0 Å². The predicted molar refractivity (Wildman–Crippen MR) is 88.9 cm³/mol. The van der Waals surface area contributed by atoms with E-state index in [2.05, 4.69) is 30.4 Å². The number of carbonyl (C=O) groups is 1. The SMILES string of the molecule is Cc1ccc2c(c1)S[C@H](C(=O)NCc1ccc3c(c1)OCO3)C2. The number of fused-ring (bicyclic) bond motifs is 2. The summed E-state index contributed by atoms with van der Waals surface area (Å²) in [6.07, 6.45) is 0.799. The van der Waals surface area contributed by atoms with Gasteiger partial charge in [-0.3, -0.25) is 4.79 Å². The molecule has 0 aliphatic carbocycles. The van der Waals surface area contributed by atoms with Crippen LogP contribution in [0, 0.1) is 6.92 Å². The first kappa shape index (κ1) is 14.5. The van der Waals surface area contributed by atoms with Gasteiger partial charge in [-0.2, -0.15) is 0 Å². The maximum absolute atomic E-state index is 12.4. The summed E-state index contributed by atoms with van der Waals surface area (Å²) in [6.45, 7) is 2.84. The zero-order valence-electron chi connectivity index (χ0n) is 12.8. The molecule has 0 bridgehead atoms. The van der Waals surface area contributed by atoms with Gasteiger partial charge in [0, 0.05) is 11.4 Å². The van der Waals surface area contributed by atoms with E-state index in [1.165, 1.54) is 16.0 Å². The summed E-state index contributed by atoms with van der Waals surface area (Å²) in [6, 6.07) is 12.1. The van der Waals surface area contributed by atoms with Gasteiger partial charge in [-0.25, -0.2) is 0 Å². The maximum atomic E-state index is 12.4. The lowest BCUT2D eigenvalue weighted by Crippen LogP contribution is -2.31. The van der Waals surface area contributed by atoms with E-state index in [0.29, 0.717) is 6.54 Å². The summed E-state index contributed by atoms with van der Waals surface area (Å²) in [5, 5.41) is 2.98. The molecule has 0 aromatic heterocycles. The number of hydrogen-bond donors (Lipinski definition) is 1. The molecule has 1 amide bonds. The minimum Gasteiger partial charge on any atom is -0.454 e. The molecule has 2 heterocycles. The zero-order valence-corrected chi connectivity index (χ0v) is 13.6. The Kier molecular flexibility index (Phi) is 3.65. The van der Waals surface area contributed by atoms with Crippen LogP contribution in [0.25, 0.3) is 0 Å². The van der Waals surface area contributed by atoms with E-state index < -0.39 is 0 Å². The van der Waals surface area contributed by atoms with Gasteiger partial charge in [-0.05, 0) is 42.7 Å². The van der Waals surface area contributed by atoms with Crippen LogP contribution in [0.1, 0.15) is 16.7 Å². The van der Waals surface area contributed by atoms with Gasteiger partial charge in [0.2, 0.25) is 12.7 Å². The van der Waals surface area contributed by atoms with Crippen molar-refractivity contribution in [1.29, 1.82) is 0 Å². The van der Waals surface area contributed by atoms with E-state index >= 15 is 0 Å². The highest BCUT2D eigenvalue weighted by molar-refractivity contribution is 8.01. The lowest BCUT2D eigenvalue weighted by molar-refractivity contribution is -0.120. The third-order valence-electron chi connectivity index (χ3n) is 4.09. The molecule has 1 N–H and O–H groups in total. The zero-order chi connectivity index (χ0) is 15.8. The average molecular weight is 327 g/mol. The Morgan fingerprint density at radius 1 is 1.22 bits per heavy atom. The molecule has 2 aliphatic heterocycles. The minimum atomic E-state index is -0.0409. The molecule has 0 radical (unpaired) electrons. The summed E-state index contributed by atoms with van der Waals surface area (Å²) in [7, 11) is 0. The molecule has 2 aromatic rings. The quantitative estimate of drug-likeness (QED) is 0.941. The number of ether oxygens (including phenoxy) is 2. The van der Waals surface area contributed by atoms with E-state index in [0.717, 1.165) is 23.5 Å². The summed E-state index contributed by atoms with van der Waals surface area (Å²) < 4.78 is 10.7. The van der Waals surface area contributed by atoms with Crippen molar-refractivity contribution in [2.45, 2.75) is 30.0 Å². The van der Waals surface area contributed by atoms with Gasteiger partial charge < -0.3 is 14.8 Å². The van der Waals surface area contributed by atoms with Crippen molar-refractivity contribution in [2.75, 3.05) is 6.79 Å². The molecule has 0 saturated carbocycles. The molecule has 2 aromatic carbocycles. The van der Waals surface area contributed by atoms with Crippen LogP contribution in [0.5, 0.6) is 11.5 Å². The van der Waals surface area contributed by atoms with E-state index in [1.54, 1.807) is 11.8 Å². The summed E-state index contributed by atoms with van der Waals surface area (Å²) in [5.41, 5.74) is 3.51. The van der Waals surface area contributed by atoms with E-state index in [9.17, 15) is 4.79 Å². The predicted octanol–water partition coefficient (Wildman–Crippen LogP) is 3.06. The van der Waals surface area contributed by atoms with Crippen molar-refractivity contribution < 1.29 is 14.3 Å². The monoisotopic (exact) mass is 327 g/mol. The number of amides is 1. The van der Waals surface area contributed by atoms with Crippen LogP contribution >= 0.6 is 11.8 Å². The highest BCUT2D eigenvalue weighted by Crippen LogP contribution is 2.37. The average Bonchev–Trinajstić information content (AvgIpc) is 3.17. The molecule has 0 saturated heterocycles. The Hall–Kier alpha value is -2.14. The van der Waals surface area contributed by atoms with Crippen molar-refractivity contribution in [3.05, 3.63) is 53.1 Å². The largest absolute Gasteiger partial charge is 0.454 e. The Morgan fingerprint density at radius 2 is 2.09 bits per heavy atom. The molecule has 2 aliphatic rings. The highest BCUT2D eigenvalue weighted by atomic mass is 32.2. The number of hydrogen-bond acceptors (Lipinski definition) is 4. The Morgan fingerprint density at radius 3 is 3.00 bits per heavy atom. The second-order valence-electron chi connectivity index (χ2n) is 5.83. The van der Waals surface area contributed by atoms with Crippen LogP contribution in [0.3, 0.4) is 0 Å². The van der Waals surface area contributed by atoms with Crippen LogP contribution in [0.4, 0.5) is 0 Å². The topological polar surface area (TPSA) is 47.6 Å². The van der Waals surface area contributed by atoms with E-state index in [1.807, 2.05) is 18.2 Å². The Balaban J connectivity index is 1.38. The minimum absolute atomic E-state index is 0.0409. The smallest absolute Gasteiger partial charge is 0.234 e. The number of aryl methyl sites for hydroxylation is 1. The first-order valence-corrected chi connectivity index (χ1v) is 8.49. The first-order valence-electron chi connectivity index (χ1n) is 7.61. The molecular weight excluding hydrogens is 310 g/mol. The molecule has 0 unspecified atom stereocenters. The van der Waals surface area contributed by atoms with Crippen molar-refractivity contribution in [2.24, 2.45) is 0 Å². The molecular formula is C18H17NO3S. The summed E-state index contributed by atoms with van der Waals surface area (Å²) >= 11 is 1.66. The van der Waals surface area contributed by atoms with Crippen molar-refractivity contribution in [3.63, 3.8) is 0 Å². The van der Waals surface area contributed by atoms with Crippen LogP contribution in [0.15, 0.2) is 41.3 Å². The molecule has 1 atom stereocenters. The third kappa shape index (κ3) is 2.88. The number of benzene rings is 2. The molecule has 0 fully saturated rings. The molecule has 23 heavy (non-hydrogen) atoms. The lowest BCUT2D eigenvalue weighted by atomic mass is 10.1. The number of nitrogens with one attached hydrogen (secondary N) is 1. The Bertz CT molecular complexity index is 775.